The fraction of sp³-hybridized carbons (Fsp3) is 0.400. The lowest BCUT2D eigenvalue weighted by Gasteiger charge is -2.19. The van der Waals surface area contributed by atoms with Crippen molar-refractivity contribution < 1.29 is 4.79 Å². The molecule has 26 heavy (non-hydrogen) atoms. The highest BCUT2D eigenvalue weighted by atomic mass is 16.2. The number of amides is 2. The van der Waals surface area contributed by atoms with E-state index < -0.39 is 0 Å². The van der Waals surface area contributed by atoms with E-state index in [2.05, 4.69) is 45.8 Å². The largest absolute Gasteiger partial charge is 0.370 e. The minimum absolute atomic E-state index is 0.133. The smallest absolute Gasteiger partial charge is 0.321 e. The third-order valence-electron chi connectivity index (χ3n) is 4.98. The van der Waals surface area contributed by atoms with Gasteiger partial charge in [-0.1, -0.05) is 42.5 Å². The molecule has 1 unspecified atom stereocenters. The number of nitrogens with one attached hydrogen (secondary N) is 2. The Bertz CT molecular complexity index is 783. The standard InChI is InChI=1S/C20H27N5O/c1-25-13-5-9-17(25)11-12-22-20(26)24-19(21)23-14-16-8-4-7-15-6-2-3-10-18(15)16/h2-4,6-8,10,17H,5,9,11-14H2,1H3,(H4,21,22,23,24,26). The SMILES string of the molecule is CN1CCCC1CCNC(=O)NC(N)=NCc1cccc2ccccc12. The molecule has 0 aromatic heterocycles. The summed E-state index contributed by atoms with van der Waals surface area (Å²) in [7, 11) is 2.13. The van der Waals surface area contributed by atoms with E-state index in [1.165, 1.54) is 18.2 Å². The van der Waals surface area contributed by atoms with Gasteiger partial charge in [-0.25, -0.2) is 9.79 Å². The van der Waals surface area contributed by atoms with Crippen LogP contribution in [0.15, 0.2) is 47.5 Å². The second-order valence-electron chi connectivity index (χ2n) is 6.79. The quantitative estimate of drug-likeness (QED) is 0.570. The van der Waals surface area contributed by atoms with Gasteiger partial charge in [0.15, 0.2) is 5.96 Å². The van der Waals surface area contributed by atoms with E-state index in [0.29, 0.717) is 19.1 Å². The van der Waals surface area contributed by atoms with E-state index in [4.69, 9.17) is 5.73 Å². The van der Waals surface area contributed by atoms with Gasteiger partial charge in [0.05, 0.1) is 6.54 Å². The number of hydrogen-bond donors (Lipinski definition) is 3. The number of rotatable bonds is 5. The summed E-state index contributed by atoms with van der Waals surface area (Å²) in [5, 5.41) is 7.77. The molecule has 0 spiro atoms. The number of nitrogens with zero attached hydrogens (tertiary/aromatic N) is 2. The molecule has 1 aliphatic heterocycles. The predicted octanol–water partition coefficient (Wildman–Crippen LogP) is 2.44. The minimum Gasteiger partial charge on any atom is -0.370 e. The Hall–Kier alpha value is -2.60. The maximum Gasteiger partial charge on any atom is 0.321 e. The maximum absolute atomic E-state index is 11.9. The molecule has 0 saturated carbocycles. The Kier molecular flexibility index (Phi) is 6.07. The Labute approximate surface area is 154 Å². The Morgan fingerprint density at radius 2 is 2.08 bits per heavy atom. The van der Waals surface area contributed by atoms with Crippen molar-refractivity contribution in [3.05, 3.63) is 48.0 Å². The molecule has 6 nitrogen and oxygen atoms in total. The van der Waals surface area contributed by atoms with Gasteiger partial charge in [-0.2, -0.15) is 0 Å². The van der Waals surface area contributed by atoms with Gasteiger partial charge in [0.2, 0.25) is 0 Å². The van der Waals surface area contributed by atoms with E-state index >= 15 is 0 Å². The maximum atomic E-state index is 11.9. The molecule has 2 amide bonds. The molecule has 0 radical (unpaired) electrons. The zero-order valence-corrected chi connectivity index (χ0v) is 15.2. The lowest BCUT2D eigenvalue weighted by molar-refractivity contribution is 0.242. The van der Waals surface area contributed by atoms with Gasteiger partial charge in [-0.3, -0.25) is 5.32 Å². The average molecular weight is 353 g/mol. The normalized spacial score (nSPS) is 18.2. The first kappa shape index (κ1) is 18.2. The highest BCUT2D eigenvalue weighted by molar-refractivity contribution is 5.95. The van der Waals surface area contributed by atoms with Crippen LogP contribution in [0.1, 0.15) is 24.8 Å². The van der Waals surface area contributed by atoms with E-state index in [1.54, 1.807) is 0 Å². The van der Waals surface area contributed by atoms with Crippen LogP contribution in [0.25, 0.3) is 10.8 Å². The van der Waals surface area contributed by atoms with Gasteiger partial charge >= 0.3 is 6.03 Å². The third kappa shape index (κ3) is 4.73. The van der Waals surface area contributed by atoms with E-state index in [0.717, 1.165) is 23.9 Å². The Balaban J connectivity index is 1.47. The molecule has 0 bridgehead atoms. The number of aliphatic imine (C=N–C) groups is 1. The highest BCUT2D eigenvalue weighted by Gasteiger charge is 2.20. The molecular weight excluding hydrogens is 326 g/mol. The van der Waals surface area contributed by atoms with Crippen molar-refractivity contribution in [1.29, 1.82) is 0 Å². The molecule has 4 N–H and O–H groups in total. The van der Waals surface area contributed by atoms with Crippen LogP contribution in [0.3, 0.4) is 0 Å². The number of carbonyl (C=O) groups is 1. The molecule has 2 aromatic carbocycles. The number of urea groups is 1. The van der Waals surface area contributed by atoms with Crippen LogP contribution < -0.4 is 16.4 Å². The zero-order valence-electron chi connectivity index (χ0n) is 15.2. The highest BCUT2D eigenvalue weighted by Crippen LogP contribution is 2.19. The first-order chi connectivity index (χ1) is 12.6. The molecule has 1 saturated heterocycles. The minimum atomic E-state index is -0.301. The average Bonchev–Trinajstić information content (AvgIpc) is 3.05. The topological polar surface area (TPSA) is 82.8 Å². The summed E-state index contributed by atoms with van der Waals surface area (Å²) < 4.78 is 0. The zero-order chi connectivity index (χ0) is 18.4. The van der Waals surface area contributed by atoms with Gasteiger partial charge in [0, 0.05) is 12.6 Å². The molecule has 2 aromatic rings. The van der Waals surface area contributed by atoms with E-state index in [-0.39, 0.29) is 12.0 Å². The lowest BCUT2D eigenvalue weighted by atomic mass is 10.1. The van der Waals surface area contributed by atoms with Crippen molar-refractivity contribution in [2.24, 2.45) is 10.7 Å². The molecule has 1 aliphatic rings. The number of likely N-dealkylation sites (tertiary alicyclic amines) is 1. The van der Waals surface area contributed by atoms with Crippen molar-refractivity contribution in [1.82, 2.24) is 15.5 Å². The second kappa shape index (κ2) is 8.67. The van der Waals surface area contributed by atoms with Gasteiger partial charge in [0.25, 0.3) is 0 Å². The van der Waals surface area contributed by atoms with Gasteiger partial charge in [-0.05, 0) is 49.2 Å². The summed E-state index contributed by atoms with van der Waals surface area (Å²) in [5.41, 5.74) is 6.93. The van der Waals surface area contributed by atoms with Gasteiger partial charge in [-0.15, -0.1) is 0 Å². The van der Waals surface area contributed by atoms with Gasteiger partial charge < -0.3 is 16.0 Å². The van der Waals surface area contributed by atoms with Crippen molar-refractivity contribution in [2.75, 3.05) is 20.1 Å². The van der Waals surface area contributed by atoms with Crippen LogP contribution in [0.4, 0.5) is 4.79 Å². The lowest BCUT2D eigenvalue weighted by Crippen LogP contribution is -2.44. The molecular formula is C20H27N5O. The fourth-order valence-corrected chi connectivity index (χ4v) is 3.50. The monoisotopic (exact) mass is 353 g/mol. The van der Waals surface area contributed by atoms with E-state index in [1.807, 2.05) is 24.3 Å². The summed E-state index contributed by atoms with van der Waals surface area (Å²) in [6, 6.07) is 14.5. The molecule has 1 fully saturated rings. The molecule has 6 heteroatoms. The van der Waals surface area contributed by atoms with Crippen molar-refractivity contribution >= 4 is 22.8 Å². The summed E-state index contributed by atoms with van der Waals surface area (Å²) in [4.78, 5) is 18.6. The first-order valence-electron chi connectivity index (χ1n) is 9.15. The summed E-state index contributed by atoms with van der Waals surface area (Å²) in [6.07, 6.45) is 3.40. The molecule has 0 aliphatic carbocycles. The molecule has 1 atom stereocenters. The number of guanidine groups is 1. The van der Waals surface area contributed by atoms with Gasteiger partial charge in [0.1, 0.15) is 0 Å². The summed E-state index contributed by atoms with van der Waals surface area (Å²) in [5.74, 6) is 0.133. The fourth-order valence-electron chi connectivity index (χ4n) is 3.50. The first-order valence-corrected chi connectivity index (χ1v) is 9.15. The Morgan fingerprint density at radius 3 is 2.88 bits per heavy atom. The van der Waals surface area contributed by atoms with Crippen molar-refractivity contribution in [3.8, 4) is 0 Å². The van der Waals surface area contributed by atoms with Crippen LogP contribution in [-0.4, -0.2) is 43.1 Å². The van der Waals surface area contributed by atoms with Crippen LogP contribution in [0.2, 0.25) is 0 Å². The van der Waals surface area contributed by atoms with Crippen LogP contribution in [-0.2, 0) is 6.54 Å². The third-order valence-corrected chi connectivity index (χ3v) is 4.98. The number of carbonyl (C=O) groups excluding carboxylic acids is 1. The summed E-state index contributed by atoms with van der Waals surface area (Å²) in [6.45, 7) is 2.21. The molecule has 1 heterocycles. The number of fused-ring (bicyclic) bond motifs is 1. The van der Waals surface area contributed by atoms with Crippen LogP contribution in [0.5, 0.6) is 0 Å². The molecule has 3 rings (SSSR count). The number of benzene rings is 2. The predicted molar refractivity (Wildman–Crippen MR) is 106 cm³/mol. The summed E-state index contributed by atoms with van der Waals surface area (Å²) >= 11 is 0. The van der Waals surface area contributed by atoms with Crippen molar-refractivity contribution in [3.63, 3.8) is 0 Å². The second-order valence-corrected chi connectivity index (χ2v) is 6.79. The number of hydrogen-bond acceptors (Lipinski definition) is 3. The Morgan fingerprint density at radius 1 is 1.27 bits per heavy atom. The van der Waals surface area contributed by atoms with E-state index in [9.17, 15) is 4.79 Å². The van der Waals surface area contributed by atoms with Crippen molar-refractivity contribution in [2.45, 2.75) is 31.8 Å². The van der Waals surface area contributed by atoms with Crippen LogP contribution in [0, 0.1) is 0 Å². The molecule has 138 valence electrons. The van der Waals surface area contributed by atoms with Crippen LogP contribution >= 0.6 is 0 Å². The number of nitrogens with two attached hydrogens (primary N) is 1.